The van der Waals surface area contributed by atoms with E-state index in [4.69, 9.17) is 4.74 Å². The molecule has 0 radical (unpaired) electrons. The van der Waals surface area contributed by atoms with Gasteiger partial charge in [-0.25, -0.2) is 9.97 Å². The summed E-state index contributed by atoms with van der Waals surface area (Å²) in [6, 6.07) is 9.51. The normalized spacial score (nSPS) is 11.8. The molecule has 1 amide bonds. The third-order valence-corrected chi connectivity index (χ3v) is 4.13. The smallest absolute Gasteiger partial charge is 0.228 e. The second-order valence-electron chi connectivity index (χ2n) is 6.08. The summed E-state index contributed by atoms with van der Waals surface area (Å²) in [6.07, 6.45) is 4.11. The molecule has 0 bridgehead atoms. The van der Waals surface area contributed by atoms with E-state index in [0.717, 1.165) is 42.8 Å². The largest absolute Gasteiger partial charge is 0.493 e. The van der Waals surface area contributed by atoms with Gasteiger partial charge in [0, 0.05) is 17.5 Å². The van der Waals surface area contributed by atoms with Crippen molar-refractivity contribution in [1.29, 1.82) is 0 Å². The molecule has 6 nitrogen and oxygen atoms in total. The van der Waals surface area contributed by atoms with Crippen LogP contribution in [0.5, 0.6) is 5.75 Å². The van der Waals surface area contributed by atoms with Gasteiger partial charge in [-0.2, -0.15) is 0 Å². The fraction of sp³-hybridized carbons (Fsp3) is 0.450. The summed E-state index contributed by atoms with van der Waals surface area (Å²) >= 11 is 0. The molecule has 2 rings (SSSR count). The number of anilines is 1. The van der Waals surface area contributed by atoms with Crippen molar-refractivity contribution in [2.75, 3.05) is 25.5 Å². The average Bonchev–Trinajstić information content (AvgIpc) is 2.66. The molecular formula is C20H28N4O2. The van der Waals surface area contributed by atoms with Gasteiger partial charge in [0.2, 0.25) is 5.91 Å². The molecule has 0 saturated heterocycles. The lowest BCUT2D eigenvalue weighted by Crippen LogP contribution is -2.26. The Labute approximate surface area is 155 Å². The number of hydrogen-bond donors (Lipinski definition) is 2. The number of carbonyl (C=O) groups excluding carboxylic acids is 1. The van der Waals surface area contributed by atoms with E-state index in [2.05, 4.69) is 27.5 Å². The van der Waals surface area contributed by atoms with Crippen LogP contribution < -0.4 is 15.4 Å². The Morgan fingerprint density at radius 2 is 2.00 bits per heavy atom. The van der Waals surface area contributed by atoms with Crippen LogP contribution in [-0.4, -0.2) is 36.1 Å². The van der Waals surface area contributed by atoms with Crippen LogP contribution in [0.3, 0.4) is 0 Å². The van der Waals surface area contributed by atoms with Crippen LogP contribution in [0.4, 0.5) is 5.82 Å². The predicted octanol–water partition coefficient (Wildman–Crippen LogP) is 3.51. The van der Waals surface area contributed by atoms with Gasteiger partial charge in [0.15, 0.2) is 0 Å². The number of aromatic nitrogens is 2. The van der Waals surface area contributed by atoms with Crippen LogP contribution in [0, 0.1) is 5.92 Å². The number of nitrogens with zero attached hydrogens (tertiary/aromatic N) is 2. The number of carbonyl (C=O) groups is 1. The van der Waals surface area contributed by atoms with Crippen LogP contribution in [0.15, 0.2) is 36.7 Å². The maximum Gasteiger partial charge on any atom is 0.228 e. The van der Waals surface area contributed by atoms with Crippen molar-refractivity contribution in [3.63, 3.8) is 0 Å². The van der Waals surface area contributed by atoms with E-state index < -0.39 is 0 Å². The quantitative estimate of drug-likeness (QED) is 0.681. The van der Waals surface area contributed by atoms with Crippen LogP contribution in [0.25, 0.3) is 11.3 Å². The molecular weight excluding hydrogens is 328 g/mol. The lowest BCUT2D eigenvalue weighted by atomic mass is 9.99. The molecule has 0 saturated carbocycles. The average molecular weight is 356 g/mol. The van der Waals surface area contributed by atoms with Gasteiger partial charge in [-0.1, -0.05) is 25.5 Å². The third-order valence-electron chi connectivity index (χ3n) is 4.13. The zero-order chi connectivity index (χ0) is 18.8. The molecule has 0 spiro atoms. The number of rotatable bonds is 10. The summed E-state index contributed by atoms with van der Waals surface area (Å²) < 4.78 is 5.67. The molecule has 6 heteroatoms. The van der Waals surface area contributed by atoms with Crippen molar-refractivity contribution in [2.45, 2.75) is 33.1 Å². The minimum absolute atomic E-state index is 0.00448. The van der Waals surface area contributed by atoms with E-state index in [0.29, 0.717) is 12.4 Å². The van der Waals surface area contributed by atoms with Gasteiger partial charge in [0.05, 0.1) is 12.3 Å². The Morgan fingerprint density at radius 3 is 2.73 bits per heavy atom. The van der Waals surface area contributed by atoms with E-state index in [1.807, 2.05) is 38.2 Å². The standard InChI is InChI=1S/C20H28N4O2/c1-4-8-15(11-12-21-3)20(25)24-19-13-17(22-14-23-19)16-9-6-7-10-18(16)26-5-2/h6-7,9-10,13-15,21H,4-5,8,11-12H2,1-3H3,(H,22,23,24,25). The van der Waals surface area contributed by atoms with Gasteiger partial charge in [-0.3, -0.25) is 4.79 Å². The molecule has 1 aromatic heterocycles. The minimum atomic E-state index is -0.0263. The van der Waals surface area contributed by atoms with Gasteiger partial charge in [-0.15, -0.1) is 0 Å². The van der Waals surface area contributed by atoms with Crippen molar-refractivity contribution in [2.24, 2.45) is 5.92 Å². The molecule has 1 atom stereocenters. The number of hydrogen-bond acceptors (Lipinski definition) is 5. The Bertz CT molecular complexity index is 706. The summed E-state index contributed by atoms with van der Waals surface area (Å²) in [6.45, 7) is 5.43. The molecule has 26 heavy (non-hydrogen) atoms. The fourth-order valence-electron chi connectivity index (χ4n) is 2.83. The topological polar surface area (TPSA) is 76.1 Å². The van der Waals surface area contributed by atoms with Gasteiger partial charge in [-0.05, 0) is 45.5 Å². The highest BCUT2D eigenvalue weighted by Crippen LogP contribution is 2.29. The zero-order valence-electron chi connectivity index (χ0n) is 15.8. The Kier molecular flexibility index (Phi) is 8.02. The monoisotopic (exact) mass is 356 g/mol. The number of ether oxygens (including phenoxy) is 1. The molecule has 0 aliphatic rings. The summed E-state index contributed by atoms with van der Waals surface area (Å²) in [7, 11) is 1.90. The van der Waals surface area contributed by atoms with E-state index in [9.17, 15) is 4.79 Å². The third kappa shape index (κ3) is 5.52. The first kappa shape index (κ1) is 19.8. The van der Waals surface area contributed by atoms with E-state index in [-0.39, 0.29) is 11.8 Å². The van der Waals surface area contributed by atoms with Crippen LogP contribution in [-0.2, 0) is 4.79 Å². The first-order valence-corrected chi connectivity index (χ1v) is 9.19. The van der Waals surface area contributed by atoms with Crippen LogP contribution >= 0.6 is 0 Å². The van der Waals surface area contributed by atoms with E-state index in [1.54, 1.807) is 6.07 Å². The first-order valence-electron chi connectivity index (χ1n) is 9.19. The summed E-state index contributed by atoms with van der Waals surface area (Å²) in [4.78, 5) is 21.1. The van der Waals surface area contributed by atoms with Crippen molar-refractivity contribution in [3.05, 3.63) is 36.7 Å². The number of nitrogens with one attached hydrogen (secondary N) is 2. The van der Waals surface area contributed by atoms with Crippen molar-refractivity contribution >= 4 is 11.7 Å². The molecule has 1 heterocycles. The molecule has 1 unspecified atom stereocenters. The van der Waals surface area contributed by atoms with Crippen molar-refractivity contribution in [1.82, 2.24) is 15.3 Å². The van der Waals surface area contributed by atoms with Gasteiger partial charge in [0.25, 0.3) is 0 Å². The lowest BCUT2D eigenvalue weighted by Gasteiger charge is -2.16. The zero-order valence-corrected chi connectivity index (χ0v) is 15.8. The molecule has 2 N–H and O–H groups in total. The SMILES string of the molecule is CCCC(CCNC)C(=O)Nc1cc(-c2ccccc2OCC)ncn1. The van der Waals surface area contributed by atoms with E-state index in [1.165, 1.54) is 6.33 Å². The highest BCUT2D eigenvalue weighted by Gasteiger charge is 2.18. The van der Waals surface area contributed by atoms with Crippen LogP contribution in [0.2, 0.25) is 0 Å². The predicted molar refractivity (Wildman–Crippen MR) is 104 cm³/mol. The molecule has 0 fully saturated rings. The Morgan fingerprint density at radius 1 is 1.19 bits per heavy atom. The maximum absolute atomic E-state index is 12.6. The first-order chi connectivity index (χ1) is 12.7. The van der Waals surface area contributed by atoms with E-state index >= 15 is 0 Å². The molecule has 0 aliphatic heterocycles. The highest BCUT2D eigenvalue weighted by molar-refractivity contribution is 5.92. The number of para-hydroxylation sites is 1. The highest BCUT2D eigenvalue weighted by atomic mass is 16.5. The summed E-state index contributed by atoms with van der Waals surface area (Å²) in [5.41, 5.74) is 1.61. The van der Waals surface area contributed by atoms with Crippen LogP contribution in [0.1, 0.15) is 33.1 Å². The fourth-order valence-corrected chi connectivity index (χ4v) is 2.83. The van der Waals surface area contributed by atoms with Gasteiger partial charge < -0.3 is 15.4 Å². The second-order valence-corrected chi connectivity index (χ2v) is 6.08. The molecule has 140 valence electrons. The lowest BCUT2D eigenvalue weighted by molar-refractivity contribution is -0.120. The Balaban J connectivity index is 2.17. The number of benzene rings is 1. The molecule has 2 aromatic rings. The molecule has 1 aromatic carbocycles. The second kappa shape index (κ2) is 10.5. The summed E-state index contributed by atoms with van der Waals surface area (Å²) in [5, 5.41) is 6.04. The Hall–Kier alpha value is -2.47. The van der Waals surface area contributed by atoms with Gasteiger partial charge in [0.1, 0.15) is 17.9 Å². The molecule has 0 aliphatic carbocycles. The maximum atomic E-state index is 12.6. The van der Waals surface area contributed by atoms with Crippen molar-refractivity contribution in [3.8, 4) is 17.0 Å². The number of amides is 1. The minimum Gasteiger partial charge on any atom is -0.493 e. The van der Waals surface area contributed by atoms with Crippen molar-refractivity contribution < 1.29 is 9.53 Å². The van der Waals surface area contributed by atoms with Gasteiger partial charge >= 0.3 is 0 Å². The summed E-state index contributed by atoms with van der Waals surface area (Å²) in [5.74, 6) is 1.26.